The van der Waals surface area contributed by atoms with Crippen molar-refractivity contribution in [3.63, 3.8) is 0 Å². The number of fused-ring (bicyclic) bond motifs is 3. The van der Waals surface area contributed by atoms with Gasteiger partial charge in [-0.25, -0.2) is 0 Å². The van der Waals surface area contributed by atoms with E-state index in [0.29, 0.717) is 0 Å². The predicted molar refractivity (Wildman–Crippen MR) is 147 cm³/mol. The summed E-state index contributed by atoms with van der Waals surface area (Å²) in [6.45, 7) is 4.24. The van der Waals surface area contributed by atoms with E-state index in [4.69, 9.17) is 0 Å². The number of nitrogens with zero attached hydrogens (tertiary/aromatic N) is 3. The third-order valence-electron chi connectivity index (χ3n) is 6.29. The molecule has 0 aliphatic carbocycles. The molecule has 0 saturated carbocycles. The minimum absolute atomic E-state index is 1.18. The Morgan fingerprint density at radius 1 is 0.531 bits per heavy atom. The number of aryl methyl sites for hydroxylation is 2. The van der Waals surface area contributed by atoms with Crippen LogP contribution in [-0.4, -0.2) is 16.9 Å². The van der Waals surface area contributed by atoms with Gasteiger partial charge in [0.25, 0.3) is 0 Å². The summed E-state index contributed by atoms with van der Waals surface area (Å²) in [5, 5.41) is 2.54. The van der Waals surface area contributed by atoms with Crippen molar-refractivity contribution in [2.24, 2.45) is 0 Å². The van der Waals surface area contributed by atoms with Crippen molar-refractivity contribution in [3.05, 3.63) is 96.1 Å². The lowest BCUT2D eigenvalue weighted by atomic mass is 10.1. The summed E-state index contributed by atoms with van der Waals surface area (Å²) in [5.41, 5.74) is 9.76. The van der Waals surface area contributed by atoms with Gasteiger partial charge in [0.1, 0.15) is 0 Å². The molecule has 0 N–H and O–H groups in total. The van der Waals surface area contributed by atoms with Crippen molar-refractivity contribution in [1.29, 1.82) is 0 Å². The highest BCUT2D eigenvalue weighted by atomic mass is 127. The fourth-order valence-corrected chi connectivity index (χ4v) is 5.05. The Morgan fingerprint density at radius 2 is 0.875 bits per heavy atom. The molecule has 0 amide bonds. The molecule has 0 bridgehead atoms. The summed E-state index contributed by atoms with van der Waals surface area (Å²) in [5.74, 6) is 0. The molecule has 4 heteroatoms. The molecule has 0 aliphatic heterocycles. The number of anilines is 4. The van der Waals surface area contributed by atoms with E-state index in [1.807, 2.05) is 0 Å². The zero-order valence-corrected chi connectivity index (χ0v) is 21.0. The van der Waals surface area contributed by atoms with Gasteiger partial charge in [0.05, 0.1) is 33.9 Å². The van der Waals surface area contributed by atoms with Crippen LogP contribution in [0.3, 0.4) is 0 Å². The van der Waals surface area contributed by atoms with Crippen LogP contribution in [0, 0.1) is 13.8 Å². The van der Waals surface area contributed by atoms with Crippen molar-refractivity contribution < 1.29 is 0 Å². The Hall–Kier alpha value is -2.99. The van der Waals surface area contributed by atoms with Crippen molar-refractivity contribution in [2.75, 3.05) is 23.9 Å². The molecule has 32 heavy (non-hydrogen) atoms. The highest BCUT2D eigenvalue weighted by Crippen LogP contribution is 2.37. The van der Waals surface area contributed by atoms with E-state index < -0.39 is 0 Å². The zero-order valence-electron chi connectivity index (χ0n) is 18.8. The topological polar surface area (TPSA) is 11.4 Å². The molecular formula is C28H26IN3. The van der Waals surface area contributed by atoms with Gasteiger partial charge in [0, 0.05) is 47.6 Å². The number of benzene rings is 4. The molecular weight excluding hydrogens is 505 g/mol. The average molecular weight is 531 g/mol. The molecule has 4 aromatic carbocycles. The van der Waals surface area contributed by atoms with E-state index in [0.717, 1.165) is 0 Å². The van der Waals surface area contributed by atoms with Crippen LogP contribution in [0.4, 0.5) is 22.7 Å². The molecule has 5 rings (SSSR count). The maximum absolute atomic E-state index is 2.41. The van der Waals surface area contributed by atoms with E-state index in [1.54, 1.807) is 0 Å². The van der Waals surface area contributed by atoms with Gasteiger partial charge in [-0.05, 0) is 74.5 Å². The molecule has 5 aromatic rings. The van der Waals surface area contributed by atoms with Crippen LogP contribution in [0.2, 0.25) is 0 Å². The number of halogens is 1. The van der Waals surface area contributed by atoms with E-state index in [9.17, 15) is 0 Å². The van der Waals surface area contributed by atoms with Gasteiger partial charge < -0.3 is 9.80 Å². The number of hydrogen-bond acceptors (Lipinski definition) is 2. The van der Waals surface area contributed by atoms with Crippen LogP contribution in [0.5, 0.6) is 0 Å². The van der Waals surface area contributed by atoms with Gasteiger partial charge in [0.15, 0.2) is 0 Å². The van der Waals surface area contributed by atoms with Crippen LogP contribution in [0.25, 0.3) is 21.8 Å². The summed E-state index contributed by atoms with van der Waals surface area (Å²) < 4.78 is 2.26. The molecule has 0 aliphatic rings. The maximum Gasteiger partial charge on any atom is 0.0646 e. The summed E-state index contributed by atoms with van der Waals surface area (Å²) in [6.07, 6.45) is 0. The molecule has 0 fully saturated rings. The van der Waals surface area contributed by atoms with Crippen molar-refractivity contribution in [2.45, 2.75) is 13.8 Å². The predicted octanol–water partition coefficient (Wildman–Crippen LogP) is 8.15. The number of rotatable bonds is 4. The van der Waals surface area contributed by atoms with E-state index in [-0.39, 0.29) is 0 Å². The molecule has 0 atom stereocenters. The Bertz CT molecular complexity index is 1310. The highest BCUT2D eigenvalue weighted by molar-refractivity contribution is 14.1. The fourth-order valence-electron chi connectivity index (χ4n) is 4.20. The third-order valence-corrected chi connectivity index (χ3v) is 7.33. The summed E-state index contributed by atoms with van der Waals surface area (Å²) in [4.78, 5) is 4.50. The van der Waals surface area contributed by atoms with Crippen molar-refractivity contribution in [1.82, 2.24) is 2.78 Å². The van der Waals surface area contributed by atoms with E-state index in [2.05, 4.69) is 148 Å². The van der Waals surface area contributed by atoms with Gasteiger partial charge in [-0.15, -0.1) is 0 Å². The minimum atomic E-state index is 1.18. The summed E-state index contributed by atoms with van der Waals surface area (Å²) in [7, 11) is 4.26. The first-order valence-corrected chi connectivity index (χ1v) is 11.7. The highest BCUT2D eigenvalue weighted by Gasteiger charge is 2.14. The Balaban J connectivity index is 1.61. The number of hydrogen-bond donors (Lipinski definition) is 0. The van der Waals surface area contributed by atoms with Crippen LogP contribution in [-0.2, 0) is 0 Å². The zero-order chi connectivity index (χ0) is 22.4. The minimum Gasteiger partial charge on any atom is -0.345 e. The van der Waals surface area contributed by atoms with Gasteiger partial charge in [0.2, 0.25) is 0 Å². The average Bonchev–Trinajstić information content (AvgIpc) is 3.10. The monoisotopic (exact) mass is 531 g/mol. The normalized spacial score (nSPS) is 11.3. The Labute approximate surface area is 203 Å². The quantitative estimate of drug-likeness (QED) is 0.217. The van der Waals surface area contributed by atoms with Crippen LogP contribution in [0.15, 0.2) is 84.9 Å². The molecule has 0 unspecified atom stereocenters. The lowest BCUT2D eigenvalue weighted by Gasteiger charge is -2.20. The van der Waals surface area contributed by atoms with Gasteiger partial charge in [-0.2, -0.15) is 0 Å². The largest absolute Gasteiger partial charge is 0.345 e. The van der Waals surface area contributed by atoms with Gasteiger partial charge in [-0.3, -0.25) is 2.78 Å². The lowest BCUT2D eigenvalue weighted by Crippen LogP contribution is -2.09. The van der Waals surface area contributed by atoms with Gasteiger partial charge in [-0.1, -0.05) is 35.4 Å². The van der Waals surface area contributed by atoms with Crippen LogP contribution in [0.1, 0.15) is 11.1 Å². The second kappa shape index (κ2) is 8.17. The molecule has 3 nitrogen and oxygen atoms in total. The van der Waals surface area contributed by atoms with Crippen LogP contribution < -0.4 is 9.80 Å². The van der Waals surface area contributed by atoms with Gasteiger partial charge >= 0.3 is 0 Å². The second-order valence-electron chi connectivity index (χ2n) is 8.47. The molecule has 0 spiro atoms. The summed E-state index contributed by atoms with van der Waals surface area (Å²) in [6, 6.07) is 30.8. The molecule has 160 valence electrons. The first-order valence-electron chi connectivity index (χ1n) is 10.8. The SMILES string of the molecule is Cc1ccc(N(C)c2ccc3c(c2)c2cc(N(C)c4ccc(C)cc4)ccc2n3I)cc1. The molecule has 0 saturated heterocycles. The van der Waals surface area contributed by atoms with Crippen molar-refractivity contribution in [3.8, 4) is 0 Å². The Morgan fingerprint density at radius 3 is 1.25 bits per heavy atom. The molecule has 1 aromatic heterocycles. The Kier molecular flexibility index (Phi) is 5.33. The molecule has 1 heterocycles. The van der Waals surface area contributed by atoms with E-state index in [1.165, 1.54) is 55.7 Å². The second-order valence-corrected chi connectivity index (χ2v) is 9.44. The maximum atomic E-state index is 2.41. The standard InChI is InChI=1S/C28H26IN3/c1-19-5-9-21(10-6-19)30(3)23-13-15-27-25(17-23)26-18-24(14-16-28(26)32(27)29)31(4)22-11-7-20(2)8-12-22/h5-18H,1-4H3. The summed E-state index contributed by atoms with van der Waals surface area (Å²) >= 11 is 2.41. The first-order chi connectivity index (χ1) is 15.4. The fraction of sp³-hybridized carbons (Fsp3) is 0.143. The van der Waals surface area contributed by atoms with Crippen LogP contribution >= 0.6 is 22.9 Å². The lowest BCUT2D eigenvalue weighted by molar-refractivity contribution is 1.21. The first kappa shape index (κ1) is 20.9. The molecule has 0 radical (unpaired) electrons. The van der Waals surface area contributed by atoms with Crippen molar-refractivity contribution >= 4 is 67.4 Å². The smallest absolute Gasteiger partial charge is 0.0646 e. The third kappa shape index (κ3) is 3.62. The number of aromatic nitrogens is 1. The van der Waals surface area contributed by atoms with E-state index >= 15 is 0 Å².